The summed E-state index contributed by atoms with van der Waals surface area (Å²) in [7, 11) is 11.0. The monoisotopic (exact) mass is 1000 g/mol. The van der Waals surface area contributed by atoms with Crippen LogP contribution >= 0.6 is 17.0 Å². The van der Waals surface area contributed by atoms with E-state index in [2.05, 4.69) is 231 Å². The summed E-state index contributed by atoms with van der Waals surface area (Å²) in [5, 5.41) is 5.48. The molecule has 0 fully saturated rings. The van der Waals surface area contributed by atoms with Gasteiger partial charge in [0.25, 0.3) is 0 Å². The van der Waals surface area contributed by atoms with Crippen LogP contribution in [0, 0.1) is 66.2 Å². The number of hydrogen-bond donors (Lipinski definition) is 0. The number of halogens is 2. The second kappa shape index (κ2) is 23.0. The molecular formula is C62H72Cl2SiZr. The van der Waals surface area contributed by atoms with Gasteiger partial charge < -0.3 is 0 Å². The summed E-state index contributed by atoms with van der Waals surface area (Å²) in [6.07, 6.45) is 2.17. The molecule has 0 aromatic heterocycles. The zero-order valence-electron chi connectivity index (χ0n) is 42.7. The van der Waals surface area contributed by atoms with E-state index in [1.54, 1.807) is 0 Å². The quantitative estimate of drug-likeness (QED) is 0.115. The molecule has 4 heteroatoms. The van der Waals surface area contributed by atoms with Gasteiger partial charge in [0.15, 0.2) is 0 Å². The molecule has 0 unspecified atom stereocenters. The fraction of sp³-hybridized carbons (Fsp3) is 0.323. The summed E-state index contributed by atoms with van der Waals surface area (Å²) in [5.41, 5.74) is 24.6. The molecule has 0 amide bonds. The summed E-state index contributed by atoms with van der Waals surface area (Å²) >= 11 is -0.826. The van der Waals surface area contributed by atoms with Gasteiger partial charge >= 0.3 is 37.9 Å². The molecule has 8 aromatic carbocycles. The van der Waals surface area contributed by atoms with Crippen LogP contribution in [0.2, 0.25) is 13.1 Å². The van der Waals surface area contributed by atoms with Crippen LogP contribution in [0.3, 0.4) is 0 Å². The molecule has 2 radical (unpaired) electrons. The first kappa shape index (κ1) is 53.2. The zero-order chi connectivity index (χ0) is 48.7. The summed E-state index contributed by atoms with van der Waals surface area (Å²) in [6, 6.07) is 46.5. The number of fused-ring (bicyclic) bond motifs is 2. The van der Waals surface area contributed by atoms with Crippen molar-refractivity contribution >= 4 is 48.1 Å². The van der Waals surface area contributed by atoms with Gasteiger partial charge in [0.1, 0.15) is 0 Å². The Kier molecular flexibility index (Phi) is 18.5. The average Bonchev–Trinajstić information content (AvgIpc) is 3.79. The topological polar surface area (TPSA) is 0 Å². The van der Waals surface area contributed by atoms with Crippen LogP contribution < -0.4 is 0 Å². The molecular weight excluding hydrogens is 935 g/mol. The third kappa shape index (κ3) is 14.6. The standard InChI is InChI=1S/2C30H33.C2H6Si.2ClH.Zr/c2*1-19-10-20(2)13-24(12-19)26-8-9-27(25-14-21(3)11-22(4)15-25)29-17-23(16-28(26)29)18-30(5,6)7;1-3-2;;;/h2*8-17H,18H2,1-7H3;1-2H3;2*1H;/q2*-1;;;;+4/p-2. The first-order chi connectivity index (χ1) is 31.0. The maximum absolute atomic E-state index is 4.93. The van der Waals surface area contributed by atoms with Gasteiger partial charge in [-0.15, -0.1) is 44.8 Å². The minimum atomic E-state index is -0.826. The Labute approximate surface area is 420 Å². The number of rotatable bonds is 6. The van der Waals surface area contributed by atoms with Gasteiger partial charge in [-0.05, 0) is 90.2 Å². The van der Waals surface area contributed by atoms with E-state index in [1.807, 2.05) is 0 Å². The van der Waals surface area contributed by atoms with Crippen LogP contribution in [-0.2, 0) is 33.7 Å². The van der Waals surface area contributed by atoms with Gasteiger partial charge in [-0.25, -0.2) is 0 Å². The first-order valence-electron chi connectivity index (χ1n) is 23.4. The molecule has 66 heavy (non-hydrogen) atoms. The molecule has 0 nitrogen and oxygen atoms in total. The Bertz CT molecular complexity index is 2450. The fourth-order valence-corrected chi connectivity index (χ4v) is 9.68. The van der Waals surface area contributed by atoms with E-state index in [9.17, 15) is 0 Å². The third-order valence-corrected chi connectivity index (χ3v) is 11.5. The van der Waals surface area contributed by atoms with Gasteiger partial charge in [-0.1, -0.05) is 230 Å². The van der Waals surface area contributed by atoms with Gasteiger partial charge in [0, 0.05) is 9.52 Å². The molecule has 0 saturated heterocycles. The van der Waals surface area contributed by atoms with Crippen molar-refractivity contribution in [1.82, 2.24) is 0 Å². The molecule has 342 valence electrons. The Morgan fingerprint density at radius 3 is 0.833 bits per heavy atom. The average molecular weight is 1010 g/mol. The molecule has 8 rings (SSSR count). The molecule has 0 aliphatic carbocycles. The van der Waals surface area contributed by atoms with E-state index in [4.69, 9.17) is 17.0 Å². The van der Waals surface area contributed by atoms with Crippen molar-refractivity contribution in [3.05, 3.63) is 177 Å². The minimum absolute atomic E-state index is 0.268. The van der Waals surface area contributed by atoms with Crippen molar-refractivity contribution < 1.29 is 20.8 Å². The zero-order valence-corrected chi connectivity index (χ0v) is 47.7. The summed E-state index contributed by atoms with van der Waals surface area (Å²) in [5.74, 6) is 0. The van der Waals surface area contributed by atoms with Gasteiger partial charge in [-0.2, -0.15) is 12.1 Å². The molecule has 8 aromatic rings. The normalized spacial score (nSPS) is 11.3. The molecule has 0 spiro atoms. The van der Waals surface area contributed by atoms with Crippen molar-refractivity contribution in [1.29, 1.82) is 0 Å². The Hall–Kier alpha value is -3.78. The van der Waals surface area contributed by atoms with Crippen LogP contribution in [0.15, 0.2) is 121 Å². The van der Waals surface area contributed by atoms with Crippen LogP contribution in [0.5, 0.6) is 0 Å². The van der Waals surface area contributed by atoms with E-state index in [1.165, 1.54) is 122 Å². The summed E-state index contributed by atoms with van der Waals surface area (Å²) < 4.78 is 0. The Morgan fingerprint density at radius 2 is 0.606 bits per heavy atom. The SMILES string of the molecule is C[Si]C.Cc1cc(C)cc(-c2ccc(-c3cc(C)cc(C)c3)c3[cH-]c(CC(C)(C)C)cc23)c1.Cc1cc(C)cc(-c2ccc(-c3cc(C)cc(C)c3)c3[cH-]c(CC(C)(C)C)cc23)c1.[Cl][Zr+2][Cl]. The molecule has 0 bridgehead atoms. The Morgan fingerprint density at radius 1 is 0.394 bits per heavy atom. The molecule has 0 N–H and O–H groups in total. The summed E-state index contributed by atoms with van der Waals surface area (Å²) in [6.45, 7) is 35.7. The first-order valence-corrected chi connectivity index (χ1v) is 31.7. The number of aryl methyl sites for hydroxylation is 8. The van der Waals surface area contributed by atoms with Gasteiger partial charge in [0.2, 0.25) is 0 Å². The van der Waals surface area contributed by atoms with E-state index < -0.39 is 20.8 Å². The third-order valence-electron chi connectivity index (χ3n) is 11.5. The second-order valence-electron chi connectivity index (χ2n) is 21.3. The molecule has 0 saturated carbocycles. The second-order valence-corrected chi connectivity index (χ2v) is 26.0. The van der Waals surface area contributed by atoms with Crippen molar-refractivity contribution in [3.8, 4) is 44.5 Å². The maximum atomic E-state index is 4.93. The predicted molar refractivity (Wildman–Crippen MR) is 294 cm³/mol. The number of benzene rings is 6. The van der Waals surface area contributed by atoms with Gasteiger partial charge in [-0.3, -0.25) is 0 Å². The van der Waals surface area contributed by atoms with Crippen LogP contribution in [-0.4, -0.2) is 9.52 Å². The van der Waals surface area contributed by atoms with E-state index >= 15 is 0 Å². The molecule has 0 atom stereocenters. The van der Waals surface area contributed by atoms with Crippen LogP contribution in [0.1, 0.15) is 97.2 Å². The van der Waals surface area contributed by atoms with E-state index in [-0.39, 0.29) is 10.8 Å². The predicted octanol–water partition coefficient (Wildman–Crippen LogP) is 19.6. The fourth-order valence-electron chi connectivity index (χ4n) is 9.68. The molecule has 0 aliphatic rings. The van der Waals surface area contributed by atoms with Crippen molar-refractivity contribution in [3.63, 3.8) is 0 Å². The summed E-state index contributed by atoms with van der Waals surface area (Å²) in [4.78, 5) is 0. The van der Waals surface area contributed by atoms with Crippen molar-refractivity contribution in [2.45, 2.75) is 123 Å². The van der Waals surface area contributed by atoms with E-state index in [0.29, 0.717) is 0 Å². The van der Waals surface area contributed by atoms with E-state index in [0.717, 1.165) is 22.4 Å². The van der Waals surface area contributed by atoms with Crippen molar-refractivity contribution in [2.75, 3.05) is 0 Å². The molecule has 0 aliphatic heterocycles. The number of hydrogen-bond acceptors (Lipinski definition) is 0. The van der Waals surface area contributed by atoms with Gasteiger partial charge in [0.05, 0.1) is 0 Å². The molecule has 0 heterocycles. The van der Waals surface area contributed by atoms with Crippen LogP contribution in [0.25, 0.3) is 66.1 Å². The Balaban J connectivity index is 0.000000221. The van der Waals surface area contributed by atoms with Crippen molar-refractivity contribution in [2.24, 2.45) is 10.8 Å². The van der Waals surface area contributed by atoms with Crippen LogP contribution in [0.4, 0.5) is 0 Å².